The van der Waals surface area contributed by atoms with E-state index in [4.69, 9.17) is 25.2 Å². The maximum absolute atomic E-state index is 12.2. The fourth-order valence-corrected chi connectivity index (χ4v) is 5.74. The van der Waals surface area contributed by atoms with Crippen LogP contribution < -0.4 is 11.4 Å². The first-order valence-electron chi connectivity index (χ1n) is 7.99. The van der Waals surface area contributed by atoms with E-state index < -0.39 is 59.3 Å². The van der Waals surface area contributed by atoms with Gasteiger partial charge in [0.15, 0.2) is 5.60 Å². The van der Waals surface area contributed by atoms with Crippen molar-refractivity contribution < 1.29 is 61.4 Å². The Hall–Kier alpha value is -1.54. The second-order valence-electron chi connectivity index (χ2n) is 6.40. The number of nitriles is 1. The first-order valence-corrected chi connectivity index (χ1v) is 12.5. The summed E-state index contributed by atoms with van der Waals surface area (Å²) in [6, 6.07) is 2.58. The van der Waals surface area contributed by atoms with Crippen molar-refractivity contribution in [3.8, 4) is 6.07 Å². The molecule has 1 fully saturated rings. The van der Waals surface area contributed by atoms with Gasteiger partial charge in [0.1, 0.15) is 24.1 Å². The van der Waals surface area contributed by atoms with E-state index in [2.05, 4.69) is 18.1 Å². The van der Waals surface area contributed by atoms with Gasteiger partial charge in [-0.25, -0.2) is 18.5 Å². The Bertz CT molecular complexity index is 1130. The Balaban J connectivity index is 2.27. The van der Waals surface area contributed by atoms with Crippen LogP contribution in [0, 0.1) is 11.3 Å². The molecule has 2 heterocycles. The molecule has 1 aliphatic rings. The first kappa shape index (κ1) is 26.7. The Morgan fingerprint density at radius 1 is 1.28 bits per heavy atom. The van der Waals surface area contributed by atoms with Crippen LogP contribution in [0.3, 0.4) is 0 Å². The van der Waals surface area contributed by atoms with Crippen LogP contribution in [0.1, 0.15) is 6.92 Å². The van der Waals surface area contributed by atoms with E-state index in [0.717, 1.165) is 19.2 Å². The molecule has 1 saturated heterocycles. The molecule has 1 aromatic heterocycles. The summed E-state index contributed by atoms with van der Waals surface area (Å²) in [4.78, 5) is 51.1. The highest BCUT2D eigenvalue weighted by molar-refractivity contribution is 7.66. The molecular weight excluding hydrogens is 505 g/mol. The van der Waals surface area contributed by atoms with E-state index in [1.54, 1.807) is 0 Å². The molecule has 0 amide bonds. The Morgan fingerprint density at radius 3 is 2.38 bits per heavy atom. The third-order valence-corrected chi connectivity index (χ3v) is 7.87. The molecule has 21 heteroatoms. The number of rotatable bonds is 8. The second-order valence-corrected chi connectivity index (χ2v) is 10.8. The molecule has 18 nitrogen and oxygen atoms in total. The molecule has 1 aromatic rings. The molecule has 0 bridgehead atoms. The van der Waals surface area contributed by atoms with E-state index in [9.17, 15) is 38.9 Å². The molecule has 6 unspecified atom stereocenters. The number of nitrogens with two attached hydrogens (primary N) is 1. The molecule has 0 saturated carbocycles. The number of anilines is 1. The van der Waals surface area contributed by atoms with Crippen LogP contribution in [0.2, 0.25) is 0 Å². The third kappa shape index (κ3) is 5.50. The lowest BCUT2D eigenvalue weighted by Gasteiger charge is -2.34. The topological polar surface area (TPSA) is 294 Å². The molecule has 0 aromatic carbocycles. The lowest BCUT2D eigenvalue weighted by molar-refractivity contribution is -0.151. The van der Waals surface area contributed by atoms with Gasteiger partial charge in [-0.2, -0.15) is 18.9 Å². The summed E-state index contributed by atoms with van der Waals surface area (Å²) in [5.41, 5.74) is -0.976. The van der Waals surface area contributed by atoms with Crippen molar-refractivity contribution in [1.82, 2.24) is 9.55 Å². The fraction of sp³-hybridized carbons (Fsp3) is 0.545. The van der Waals surface area contributed by atoms with Gasteiger partial charge in [-0.15, -0.1) is 0 Å². The monoisotopic (exact) mass is 522 g/mol. The number of nitrogen functional groups attached to an aromatic ring is 1. The SMILES string of the molecule is CC1(O)C(O)C(COP(=O)(O)OP(=O)(O)OP(=O)(O)O)OC1(C#N)n1ccc(N)nc1=O. The molecular formula is C11H17N4O14P3. The van der Waals surface area contributed by atoms with E-state index in [1.807, 2.05) is 0 Å². The maximum atomic E-state index is 12.2. The van der Waals surface area contributed by atoms with Crippen LogP contribution in [-0.2, 0) is 37.3 Å². The normalized spacial score (nSPS) is 32.1. The minimum absolute atomic E-state index is 0.235. The molecule has 6 atom stereocenters. The summed E-state index contributed by atoms with van der Waals surface area (Å²) in [5.74, 6) is -0.235. The van der Waals surface area contributed by atoms with Gasteiger partial charge in [0.25, 0.3) is 5.72 Å². The number of hydrogen-bond acceptors (Lipinski definition) is 13. The average Bonchev–Trinajstić information content (AvgIpc) is 2.77. The minimum Gasteiger partial charge on any atom is -0.387 e. The van der Waals surface area contributed by atoms with E-state index in [0.29, 0.717) is 4.57 Å². The van der Waals surface area contributed by atoms with E-state index in [1.165, 1.54) is 6.07 Å². The quantitative estimate of drug-likeness (QED) is 0.179. The third-order valence-electron chi connectivity index (χ3n) is 4.07. The molecule has 32 heavy (non-hydrogen) atoms. The zero-order valence-electron chi connectivity index (χ0n) is 15.7. The van der Waals surface area contributed by atoms with Crippen molar-refractivity contribution in [1.29, 1.82) is 5.26 Å². The van der Waals surface area contributed by atoms with Crippen molar-refractivity contribution in [2.24, 2.45) is 0 Å². The van der Waals surface area contributed by atoms with Gasteiger partial charge in [-0.3, -0.25) is 9.09 Å². The summed E-state index contributed by atoms with van der Waals surface area (Å²) >= 11 is 0. The van der Waals surface area contributed by atoms with Crippen LogP contribution in [0.15, 0.2) is 17.1 Å². The number of ether oxygens (including phenoxy) is 1. The van der Waals surface area contributed by atoms with Crippen molar-refractivity contribution in [3.63, 3.8) is 0 Å². The number of aromatic nitrogens is 2. The van der Waals surface area contributed by atoms with Crippen LogP contribution in [0.5, 0.6) is 0 Å². The van der Waals surface area contributed by atoms with E-state index >= 15 is 0 Å². The number of aliphatic hydroxyl groups excluding tert-OH is 1. The predicted molar refractivity (Wildman–Crippen MR) is 97.8 cm³/mol. The zero-order valence-corrected chi connectivity index (χ0v) is 18.4. The largest absolute Gasteiger partial charge is 0.490 e. The highest BCUT2D eigenvalue weighted by atomic mass is 31.3. The summed E-state index contributed by atoms with van der Waals surface area (Å²) in [5, 5.41) is 30.7. The van der Waals surface area contributed by atoms with Crippen LogP contribution in [0.4, 0.5) is 5.82 Å². The molecule has 1 aliphatic heterocycles. The number of nitrogens with zero attached hydrogens (tertiary/aromatic N) is 3. The molecule has 8 N–H and O–H groups in total. The van der Waals surface area contributed by atoms with Gasteiger partial charge in [0.05, 0.1) is 6.61 Å². The average molecular weight is 522 g/mol. The van der Waals surface area contributed by atoms with Gasteiger partial charge in [0.2, 0.25) is 0 Å². The highest BCUT2D eigenvalue weighted by Crippen LogP contribution is 2.66. The molecule has 0 radical (unpaired) electrons. The van der Waals surface area contributed by atoms with Gasteiger partial charge in [-0.1, -0.05) is 0 Å². The van der Waals surface area contributed by atoms with E-state index in [-0.39, 0.29) is 5.82 Å². The van der Waals surface area contributed by atoms with Crippen molar-refractivity contribution >= 4 is 29.3 Å². The molecule has 2 rings (SSSR count). The van der Waals surface area contributed by atoms with Crippen molar-refractivity contribution in [2.45, 2.75) is 30.5 Å². The van der Waals surface area contributed by atoms with Crippen LogP contribution >= 0.6 is 23.5 Å². The van der Waals surface area contributed by atoms with Crippen molar-refractivity contribution in [3.05, 3.63) is 22.7 Å². The Labute approximate surface area is 177 Å². The molecule has 180 valence electrons. The smallest absolute Gasteiger partial charge is 0.387 e. The zero-order chi connectivity index (χ0) is 24.8. The highest BCUT2D eigenvalue weighted by Gasteiger charge is 2.65. The molecule has 0 aliphatic carbocycles. The van der Waals surface area contributed by atoms with Crippen LogP contribution in [0.25, 0.3) is 0 Å². The van der Waals surface area contributed by atoms with Gasteiger partial charge in [-0.05, 0) is 13.0 Å². The standard InChI is InChI=1S/C11H17N4O14P3/c1-10(18)8(16)6(4-26-31(22,23)29-32(24,25)28-30(19,20)21)27-11(10,5-12)15-3-2-7(13)14-9(15)17/h2-3,6,8,16,18H,4H2,1H3,(H,22,23)(H,24,25)(H2,13,14,17)(H2,19,20,21). The van der Waals surface area contributed by atoms with Crippen LogP contribution in [-0.4, -0.2) is 63.8 Å². The maximum Gasteiger partial charge on any atom is 0.490 e. The number of phosphoric acid groups is 3. The Kier molecular flexibility index (Phi) is 7.24. The molecule has 0 spiro atoms. The van der Waals surface area contributed by atoms with Gasteiger partial charge < -0.3 is 40.3 Å². The lowest BCUT2D eigenvalue weighted by atomic mass is 9.88. The number of phosphoric ester groups is 1. The second kappa shape index (κ2) is 8.67. The Morgan fingerprint density at radius 2 is 1.88 bits per heavy atom. The minimum atomic E-state index is -5.80. The predicted octanol–water partition coefficient (Wildman–Crippen LogP) is -2.14. The summed E-state index contributed by atoms with van der Waals surface area (Å²) < 4.78 is 51.0. The van der Waals surface area contributed by atoms with Crippen molar-refractivity contribution in [2.75, 3.05) is 12.3 Å². The number of aliphatic hydroxyl groups is 2. The fourth-order valence-electron chi connectivity index (χ4n) is 2.71. The summed E-state index contributed by atoms with van der Waals surface area (Å²) in [7, 11) is -17.0. The lowest BCUT2D eigenvalue weighted by Crippen LogP contribution is -2.57. The first-order chi connectivity index (χ1) is 14.4. The number of hydrogen-bond donors (Lipinski definition) is 7. The summed E-state index contributed by atoms with van der Waals surface area (Å²) in [6.07, 6.45) is -2.95. The summed E-state index contributed by atoms with van der Waals surface area (Å²) in [6.45, 7) is -0.296. The van der Waals surface area contributed by atoms with Gasteiger partial charge >= 0.3 is 29.2 Å². The van der Waals surface area contributed by atoms with Gasteiger partial charge in [0, 0.05) is 6.20 Å².